The standard InChI is InChI=1S/C30H31N3O4/c1-21(2)36-26-20-27-25(24(19-30(35)37-27)22-8-4-3-5-9-22)18-23(26)11-12-29(34)33-16-14-32(15-17-33)28-10-6-7-13-31-28/h3-10,13,18-21H,11-12,14-17H2,1-2H3. The first kappa shape index (κ1) is 24.6. The molecule has 0 bridgehead atoms. The molecular weight excluding hydrogens is 466 g/mol. The quantitative estimate of drug-likeness (QED) is 0.337. The van der Waals surface area contributed by atoms with E-state index in [9.17, 15) is 9.59 Å². The smallest absolute Gasteiger partial charge is 0.336 e. The highest BCUT2D eigenvalue weighted by Crippen LogP contribution is 2.33. The molecule has 4 aromatic rings. The van der Waals surface area contributed by atoms with Gasteiger partial charge in [-0.25, -0.2) is 9.78 Å². The van der Waals surface area contributed by atoms with E-state index in [1.165, 1.54) is 6.07 Å². The average Bonchev–Trinajstić information content (AvgIpc) is 2.92. The summed E-state index contributed by atoms with van der Waals surface area (Å²) in [7, 11) is 0. The number of nitrogens with zero attached hydrogens (tertiary/aromatic N) is 3. The van der Waals surface area contributed by atoms with E-state index in [-0.39, 0.29) is 12.0 Å². The molecule has 37 heavy (non-hydrogen) atoms. The zero-order valence-electron chi connectivity index (χ0n) is 21.2. The van der Waals surface area contributed by atoms with Crippen molar-refractivity contribution in [2.45, 2.75) is 32.8 Å². The topological polar surface area (TPSA) is 75.9 Å². The zero-order valence-corrected chi connectivity index (χ0v) is 21.2. The molecule has 2 aromatic carbocycles. The summed E-state index contributed by atoms with van der Waals surface area (Å²) in [6, 6.07) is 21.0. The lowest BCUT2D eigenvalue weighted by atomic mass is 9.98. The van der Waals surface area contributed by atoms with Crippen molar-refractivity contribution in [1.82, 2.24) is 9.88 Å². The van der Waals surface area contributed by atoms with Crippen LogP contribution in [0.3, 0.4) is 0 Å². The molecule has 1 amide bonds. The second-order valence-corrected chi connectivity index (χ2v) is 9.52. The molecule has 5 rings (SSSR count). The number of carbonyl (C=O) groups is 1. The van der Waals surface area contributed by atoms with Gasteiger partial charge in [-0.3, -0.25) is 4.79 Å². The summed E-state index contributed by atoms with van der Waals surface area (Å²) in [4.78, 5) is 34.0. The summed E-state index contributed by atoms with van der Waals surface area (Å²) in [6.07, 6.45) is 2.64. The van der Waals surface area contributed by atoms with Crippen LogP contribution in [0, 0.1) is 0 Å². The fourth-order valence-corrected chi connectivity index (χ4v) is 4.78. The maximum atomic E-state index is 13.1. The Kier molecular flexibility index (Phi) is 7.21. The number of aromatic nitrogens is 1. The van der Waals surface area contributed by atoms with Gasteiger partial charge in [-0.05, 0) is 55.2 Å². The Bertz CT molecular complexity index is 1430. The van der Waals surface area contributed by atoms with Crippen molar-refractivity contribution in [3.05, 3.63) is 88.9 Å². The van der Waals surface area contributed by atoms with Crippen LogP contribution in [0.4, 0.5) is 5.82 Å². The van der Waals surface area contributed by atoms with Crippen LogP contribution in [-0.2, 0) is 11.2 Å². The Morgan fingerprint density at radius 1 is 1.00 bits per heavy atom. The lowest BCUT2D eigenvalue weighted by Crippen LogP contribution is -2.49. The van der Waals surface area contributed by atoms with Gasteiger partial charge < -0.3 is 19.0 Å². The third-order valence-electron chi connectivity index (χ3n) is 6.59. The third-order valence-corrected chi connectivity index (χ3v) is 6.59. The molecule has 0 aliphatic carbocycles. The predicted molar refractivity (Wildman–Crippen MR) is 145 cm³/mol. The fraction of sp³-hybridized carbons (Fsp3) is 0.300. The Balaban J connectivity index is 1.36. The number of hydrogen-bond donors (Lipinski definition) is 0. The van der Waals surface area contributed by atoms with E-state index in [4.69, 9.17) is 9.15 Å². The number of carbonyl (C=O) groups excluding carboxylic acids is 1. The van der Waals surface area contributed by atoms with Crippen LogP contribution in [0.1, 0.15) is 25.8 Å². The van der Waals surface area contributed by atoms with Gasteiger partial charge >= 0.3 is 5.63 Å². The Hall–Kier alpha value is -4.13. The molecule has 0 spiro atoms. The normalized spacial score (nSPS) is 13.8. The highest BCUT2D eigenvalue weighted by molar-refractivity contribution is 5.94. The number of rotatable bonds is 7. The van der Waals surface area contributed by atoms with Gasteiger partial charge in [0.25, 0.3) is 0 Å². The summed E-state index contributed by atoms with van der Waals surface area (Å²) >= 11 is 0. The van der Waals surface area contributed by atoms with Gasteiger partial charge in [0.15, 0.2) is 0 Å². The minimum absolute atomic E-state index is 0.0596. The van der Waals surface area contributed by atoms with E-state index in [0.29, 0.717) is 37.3 Å². The summed E-state index contributed by atoms with van der Waals surface area (Å²) in [5.41, 5.74) is 2.73. The van der Waals surface area contributed by atoms with Crippen molar-refractivity contribution in [3.8, 4) is 16.9 Å². The third kappa shape index (κ3) is 5.66. The molecule has 0 N–H and O–H groups in total. The lowest BCUT2D eigenvalue weighted by Gasteiger charge is -2.35. The molecule has 7 heteroatoms. The van der Waals surface area contributed by atoms with Crippen LogP contribution in [0.25, 0.3) is 22.1 Å². The number of amides is 1. The Morgan fingerprint density at radius 3 is 2.46 bits per heavy atom. The number of ether oxygens (including phenoxy) is 1. The van der Waals surface area contributed by atoms with Crippen molar-refractivity contribution in [2.24, 2.45) is 0 Å². The molecule has 0 radical (unpaired) electrons. The van der Waals surface area contributed by atoms with Crippen LogP contribution < -0.4 is 15.3 Å². The lowest BCUT2D eigenvalue weighted by molar-refractivity contribution is -0.131. The second-order valence-electron chi connectivity index (χ2n) is 9.52. The number of pyridine rings is 1. The second kappa shape index (κ2) is 10.9. The molecular formula is C30H31N3O4. The SMILES string of the molecule is CC(C)Oc1cc2oc(=O)cc(-c3ccccc3)c2cc1CCC(=O)N1CCN(c2ccccn2)CC1. The molecule has 190 valence electrons. The van der Waals surface area contributed by atoms with Crippen molar-refractivity contribution < 1.29 is 13.9 Å². The minimum Gasteiger partial charge on any atom is -0.491 e. The van der Waals surface area contributed by atoms with E-state index in [2.05, 4.69) is 9.88 Å². The van der Waals surface area contributed by atoms with E-state index >= 15 is 0 Å². The van der Waals surface area contributed by atoms with Crippen molar-refractivity contribution in [2.75, 3.05) is 31.1 Å². The van der Waals surface area contributed by atoms with Gasteiger partial charge in [-0.15, -0.1) is 0 Å². The Labute approximate surface area is 216 Å². The summed E-state index contributed by atoms with van der Waals surface area (Å²) < 4.78 is 11.6. The number of fused-ring (bicyclic) bond motifs is 1. The molecule has 2 aromatic heterocycles. The number of aryl methyl sites for hydroxylation is 1. The first-order valence-corrected chi connectivity index (χ1v) is 12.7. The van der Waals surface area contributed by atoms with Gasteiger partial charge in [0.1, 0.15) is 17.2 Å². The summed E-state index contributed by atoms with van der Waals surface area (Å²) in [5.74, 6) is 1.71. The molecule has 1 fully saturated rings. The summed E-state index contributed by atoms with van der Waals surface area (Å²) in [6.45, 7) is 6.78. The Morgan fingerprint density at radius 2 is 1.76 bits per heavy atom. The number of hydrogen-bond acceptors (Lipinski definition) is 6. The number of benzene rings is 2. The van der Waals surface area contributed by atoms with Gasteiger partial charge in [0.05, 0.1) is 6.10 Å². The maximum Gasteiger partial charge on any atom is 0.336 e. The van der Waals surface area contributed by atoms with Crippen LogP contribution in [0.15, 0.2) is 82.1 Å². The summed E-state index contributed by atoms with van der Waals surface area (Å²) in [5, 5.41) is 0.827. The highest BCUT2D eigenvalue weighted by atomic mass is 16.5. The van der Waals surface area contributed by atoms with Gasteiger partial charge in [0, 0.05) is 56.3 Å². The first-order valence-electron chi connectivity index (χ1n) is 12.7. The van der Waals surface area contributed by atoms with E-state index in [1.54, 1.807) is 12.3 Å². The average molecular weight is 498 g/mol. The molecule has 1 saturated heterocycles. The monoisotopic (exact) mass is 497 g/mol. The fourth-order valence-electron chi connectivity index (χ4n) is 4.78. The molecule has 0 unspecified atom stereocenters. The first-order chi connectivity index (χ1) is 18.0. The van der Waals surface area contributed by atoms with E-state index in [0.717, 1.165) is 41.0 Å². The van der Waals surface area contributed by atoms with Gasteiger partial charge in [-0.1, -0.05) is 36.4 Å². The van der Waals surface area contributed by atoms with Crippen LogP contribution in [0.5, 0.6) is 5.75 Å². The molecule has 0 saturated carbocycles. The molecule has 0 atom stereocenters. The number of anilines is 1. The largest absolute Gasteiger partial charge is 0.491 e. The van der Waals surface area contributed by atoms with Crippen molar-refractivity contribution in [1.29, 1.82) is 0 Å². The van der Waals surface area contributed by atoms with Crippen LogP contribution >= 0.6 is 0 Å². The van der Waals surface area contributed by atoms with Gasteiger partial charge in [-0.2, -0.15) is 0 Å². The molecule has 1 aliphatic heterocycles. The molecule has 1 aliphatic rings. The van der Waals surface area contributed by atoms with Crippen LogP contribution in [-0.4, -0.2) is 48.1 Å². The highest BCUT2D eigenvalue weighted by Gasteiger charge is 2.22. The van der Waals surface area contributed by atoms with Crippen LogP contribution in [0.2, 0.25) is 0 Å². The minimum atomic E-state index is -0.408. The predicted octanol–water partition coefficient (Wildman–Crippen LogP) is 4.92. The van der Waals surface area contributed by atoms with E-state index in [1.807, 2.05) is 73.3 Å². The maximum absolute atomic E-state index is 13.1. The van der Waals surface area contributed by atoms with Crippen molar-refractivity contribution in [3.63, 3.8) is 0 Å². The number of piperazine rings is 1. The molecule has 7 nitrogen and oxygen atoms in total. The van der Waals surface area contributed by atoms with Gasteiger partial charge in [0.2, 0.25) is 5.91 Å². The zero-order chi connectivity index (χ0) is 25.8. The van der Waals surface area contributed by atoms with E-state index < -0.39 is 5.63 Å². The molecule has 3 heterocycles. The van der Waals surface area contributed by atoms with Crippen molar-refractivity contribution >= 4 is 22.7 Å².